The van der Waals surface area contributed by atoms with Crippen LogP contribution in [0.5, 0.6) is 11.5 Å². The number of anilines is 2. The van der Waals surface area contributed by atoms with Crippen LogP contribution >= 0.6 is 11.8 Å². The number of amides is 3. The molecule has 2 aromatic carbocycles. The number of hydrogen-bond acceptors (Lipinski definition) is 8. The zero-order valence-corrected chi connectivity index (χ0v) is 21.8. The van der Waals surface area contributed by atoms with Crippen LogP contribution in [0.4, 0.5) is 11.4 Å². The molecule has 1 saturated heterocycles. The fourth-order valence-electron chi connectivity index (χ4n) is 4.19. The van der Waals surface area contributed by atoms with Gasteiger partial charge in [0.15, 0.2) is 5.50 Å². The third kappa shape index (κ3) is 6.53. The number of carbonyl (C=O) groups excluding carboxylic acids is 3. The lowest BCUT2D eigenvalue weighted by molar-refractivity contribution is -0.130. The number of para-hydroxylation sites is 1. The van der Waals surface area contributed by atoms with E-state index < -0.39 is 5.50 Å². The van der Waals surface area contributed by atoms with Crippen molar-refractivity contribution in [2.75, 3.05) is 43.3 Å². The minimum Gasteiger partial charge on any atom is -0.497 e. The lowest BCUT2D eigenvalue weighted by Gasteiger charge is -2.34. The lowest BCUT2D eigenvalue weighted by Crippen LogP contribution is -2.53. The van der Waals surface area contributed by atoms with E-state index in [2.05, 4.69) is 15.8 Å². The zero-order chi connectivity index (χ0) is 26.2. The van der Waals surface area contributed by atoms with Crippen LogP contribution in [0.25, 0.3) is 0 Å². The average molecular weight is 526 g/mol. The maximum atomic E-state index is 13.4. The van der Waals surface area contributed by atoms with Gasteiger partial charge in [0.2, 0.25) is 11.8 Å². The third-order valence-corrected chi connectivity index (χ3v) is 7.19. The number of benzene rings is 2. The second kappa shape index (κ2) is 12.5. The van der Waals surface area contributed by atoms with Crippen LogP contribution in [0.2, 0.25) is 0 Å². The van der Waals surface area contributed by atoms with E-state index in [9.17, 15) is 14.4 Å². The molecule has 3 amide bonds. The third-order valence-electron chi connectivity index (χ3n) is 6.13. The molecule has 2 aromatic rings. The standard InChI is InChI=1S/C26H31N5O5S/c1-35-19-10-11-20(22(16-19)36-2)27-23(32)17-37-26-29-28-21(12-13-24(33)30-14-6-7-15-30)25(34)31(26)18-8-4-3-5-9-18/h3-5,8-11,16,26,29H,6-7,12-15,17H2,1-2H3,(H,27,32)/t26-/m1/s1. The highest BCUT2D eigenvalue weighted by Crippen LogP contribution is 2.30. The monoisotopic (exact) mass is 525 g/mol. The molecule has 0 radical (unpaired) electrons. The number of ether oxygens (including phenoxy) is 2. The van der Waals surface area contributed by atoms with Crippen molar-refractivity contribution in [3.05, 3.63) is 48.5 Å². The van der Waals surface area contributed by atoms with Gasteiger partial charge in [0.05, 0.1) is 25.7 Å². The largest absolute Gasteiger partial charge is 0.497 e. The van der Waals surface area contributed by atoms with Crippen molar-refractivity contribution >= 4 is 46.6 Å². The van der Waals surface area contributed by atoms with Crippen molar-refractivity contribution in [2.24, 2.45) is 5.10 Å². The fraction of sp³-hybridized carbons (Fsp3) is 0.385. The number of rotatable bonds is 10. The van der Waals surface area contributed by atoms with Crippen LogP contribution < -0.4 is 25.1 Å². The molecule has 2 aliphatic heterocycles. The van der Waals surface area contributed by atoms with Crippen molar-refractivity contribution in [1.82, 2.24) is 10.3 Å². The minimum absolute atomic E-state index is 0.0430. The van der Waals surface area contributed by atoms with Crippen LogP contribution in [0.15, 0.2) is 53.6 Å². The molecular formula is C26H31N5O5S. The summed E-state index contributed by atoms with van der Waals surface area (Å²) in [5, 5.41) is 7.13. The Morgan fingerprint density at radius 2 is 1.86 bits per heavy atom. The lowest BCUT2D eigenvalue weighted by atomic mass is 10.1. The van der Waals surface area contributed by atoms with E-state index in [1.807, 2.05) is 35.2 Å². The number of nitrogens with one attached hydrogen (secondary N) is 2. The Kier molecular flexibility index (Phi) is 8.89. The Morgan fingerprint density at radius 3 is 2.57 bits per heavy atom. The van der Waals surface area contributed by atoms with Gasteiger partial charge in [0.25, 0.3) is 5.91 Å². The highest BCUT2D eigenvalue weighted by molar-refractivity contribution is 8.00. The van der Waals surface area contributed by atoms with Crippen LogP contribution in [-0.2, 0) is 14.4 Å². The molecule has 37 heavy (non-hydrogen) atoms. The molecule has 10 nitrogen and oxygen atoms in total. The first-order valence-corrected chi connectivity index (χ1v) is 13.2. The Morgan fingerprint density at radius 1 is 1.11 bits per heavy atom. The molecule has 2 aliphatic rings. The van der Waals surface area contributed by atoms with Gasteiger partial charge in [-0.05, 0) is 37.1 Å². The molecule has 0 saturated carbocycles. The highest BCUT2D eigenvalue weighted by atomic mass is 32.2. The number of carbonyl (C=O) groups is 3. The van der Waals surface area contributed by atoms with Gasteiger partial charge in [-0.25, -0.2) is 0 Å². The van der Waals surface area contributed by atoms with E-state index in [4.69, 9.17) is 9.47 Å². The summed E-state index contributed by atoms with van der Waals surface area (Å²) < 4.78 is 10.5. The molecule has 196 valence electrons. The first-order chi connectivity index (χ1) is 18.0. The number of hydrogen-bond donors (Lipinski definition) is 2. The topological polar surface area (TPSA) is 113 Å². The van der Waals surface area contributed by atoms with E-state index in [1.165, 1.54) is 18.9 Å². The molecule has 0 spiro atoms. The molecule has 4 rings (SSSR count). The molecule has 2 N–H and O–H groups in total. The minimum atomic E-state index is -0.601. The number of likely N-dealkylation sites (tertiary alicyclic amines) is 1. The fourth-order valence-corrected chi connectivity index (χ4v) is 5.07. The second-order valence-electron chi connectivity index (χ2n) is 8.56. The Balaban J connectivity index is 1.42. The van der Waals surface area contributed by atoms with Gasteiger partial charge < -0.3 is 19.7 Å². The van der Waals surface area contributed by atoms with Gasteiger partial charge in [0, 0.05) is 37.7 Å². The smallest absolute Gasteiger partial charge is 0.276 e. The zero-order valence-electron chi connectivity index (χ0n) is 20.9. The van der Waals surface area contributed by atoms with Crippen LogP contribution in [-0.4, -0.2) is 66.9 Å². The van der Waals surface area contributed by atoms with E-state index in [0.717, 1.165) is 25.9 Å². The van der Waals surface area contributed by atoms with Crippen LogP contribution in [0.3, 0.4) is 0 Å². The first-order valence-electron chi connectivity index (χ1n) is 12.1. The molecule has 0 aromatic heterocycles. The molecule has 2 heterocycles. The summed E-state index contributed by atoms with van der Waals surface area (Å²) in [6.07, 6.45) is 2.53. The second-order valence-corrected chi connectivity index (χ2v) is 9.63. The van der Waals surface area contributed by atoms with Crippen molar-refractivity contribution in [3.63, 3.8) is 0 Å². The van der Waals surface area contributed by atoms with E-state index in [-0.39, 0.29) is 36.3 Å². The highest BCUT2D eigenvalue weighted by Gasteiger charge is 2.34. The van der Waals surface area contributed by atoms with Gasteiger partial charge in [0.1, 0.15) is 17.2 Å². The SMILES string of the molecule is COc1ccc(NC(=O)CS[C@@H]2NN=C(CCC(=O)N3CCCC3)C(=O)N2c2ccccc2)c(OC)c1. The average Bonchev–Trinajstić information content (AvgIpc) is 3.47. The van der Waals surface area contributed by atoms with E-state index in [0.29, 0.717) is 28.6 Å². The van der Waals surface area contributed by atoms with E-state index >= 15 is 0 Å². The maximum absolute atomic E-state index is 13.4. The molecule has 0 unspecified atom stereocenters. The number of thioether (sulfide) groups is 1. The van der Waals surface area contributed by atoms with Crippen molar-refractivity contribution < 1.29 is 23.9 Å². The summed E-state index contributed by atoms with van der Waals surface area (Å²) in [5.74, 6) is 0.648. The van der Waals surface area contributed by atoms with Gasteiger partial charge in [-0.2, -0.15) is 5.10 Å². The van der Waals surface area contributed by atoms with Crippen molar-refractivity contribution in [1.29, 1.82) is 0 Å². The summed E-state index contributed by atoms with van der Waals surface area (Å²) in [6.45, 7) is 1.55. The normalized spacial score (nSPS) is 17.2. The Hall–Kier alpha value is -3.73. The van der Waals surface area contributed by atoms with Crippen LogP contribution in [0, 0.1) is 0 Å². The predicted molar refractivity (Wildman–Crippen MR) is 144 cm³/mol. The summed E-state index contributed by atoms with van der Waals surface area (Å²) >= 11 is 1.23. The summed E-state index contributed by atoms with van der Waals surface area (Å²) in [4.78, 5) is 42.1. The number of methoxy groups -OCH3 is 2. The Labute approximate surface area is 220 Å². The van der Waals surface area contributed by atoms with Gasteiger partial charge in [-0.1, -0.05) is 18.2 Å². The maximum Gasteiger partial charge on any atom is 0.276 e. The molecule has 0 bridgehead atoms. The Bertz CT molecular complexity index is 1150. The number of nitrogens with zero attached hydrogens (tertiary/aromatic N) is 3. The quantitative estimate of drug-likeness (QED) is 0.490. The molecule has 0 aliphatic carbocycles. The number of hydrazone groups is 1. The van der Waals surface area contributed by atoms with Crippen molar-refractivity contribution in [3.8, 4) is 11.5 Å². The summed E-state index contributed by atoms with van der Waals surface area (Å²) in [6, 6.07) is 14.3. The first kappa shape index (κ1) is 26.3. The summed E-state index contributed by atoms with van der Waals surface area (Å²) in [7, 11) is 3.07. The molecular weight excluding hydrogens is 494 g/mol. The van der Waals surface area contributed by atoms with E-state index in [1.54, 1.807) is 30.2 Å². The van der Waals surface area contributed by atoms with Crippen molar-refractivity contribution in [2.45, 2.75) is 31.2 Å². The predicted octanol–water partition coefficient (Wildman–Crippen LogP) is 3.05. The van der Waals surface area contributed by atoms with Crippen LogP contribution in [0.1, 0.15) is 25.7 Å². The summed E-state index contributed by atoms with van der Waals surface area (Å²) in [5.41, 5.74) is 3.89. The van der Waals surface area contributed by atoms with Gasteiger partial charge >= 0.3 is 0 Å². The molecule has 1 fully saturated rings. The molecule has 11 heteroatoms. The molecule has 1 atom stereocenters. The van der Waals surface area contributed by atoms with Gasteiger partial charge in [-0.3, -0.25) is 24.7 Å². The van der Waals surface area contributed by atoms with Gasteiger partial charge in [-0.15, -0.1) is 11.8 Å².